The molecule has 6 nitrogen and oxygen atoms in total. The van der Waals surface area contributed by atoms with Gasteiger partial charge in [0.05, 0.1) is 5.75 Å². The van der Waals surface area contributed by atoms with E-state index in [1.807, 2.05) is 30.3 Å². The Bertz CT molecular complexity index is 667. The fourth-order valence-corrected chi connectivity index (χ4v) is 2.89. The molecule has 0 radical (unpaired) electrons. The molecule has 2 aromatic heterocycles. The first-order valence-corrected chi connectivity index (χ1v) is 7.21. The summed E-state index contributed by atoms with van der Waals surface area (Å²) in [5, 5.41) is 12.1. The third-order valence-electron chi connectivity index (χ3n) is 2.24. The first-order chi connectivity index (χ1) is 9.31. The molecule has 0 bridgehead atoms. The highest BCUT2D eigenvalue weighted by molar-refractivity contribution is 8.00. The number of nitrogens with zero attached hydrogens (tertiary/aromatic N) is 4. The lowest BCUT2D eigenvalue weighted by Crippen LogP contribution is -1.82. The maximum Gasteiger partial charge on any atom is 0.237 e. The number of benzene rings is 1. The van der Waals surface area contributed by atoms with Gasteiger partial charge in [0, 0.05) is 5.56 Å². The minimum absolute atomic E-state index is 0.456. The van der Waals surface area contributed by atoms with Crippen LogP contribution in [0.1, 0.15) is 5.89 Å². The van der Waals surface area contributed by atoms with Crippen molar-refractivity contribution in [3.63, 3.8) is 0 Å². The Balaban J connectivity index is 1.68. The zero-order chi connectivity index (χ0) is 13.1. The maximum atomic E-state index is 5.51. The first kappa shape index (κ1) is 12.1. The summed E-state index contributed by atoms with van der Waals surface area (Å²) in [6.45, 7) is 0. The monoisotopic (exact) mass is 291 g/mol. The molecule has 0 aliphatic carbocycles. The lowest BCUT2D eigenvalue weighted by Gasteiger charge is -1.91. The second kappa shape index (κ2) is 5.37. The van der Waals surface area contributed by atoms with Crippen LogP contribution < -0.4 is 5.73 Å². The summed E-state index contributed by atoms with van der Waals surface area (Å²) < 4.78 is 5.98. The molecular weight excluding hydrogens is 282 g/mol. The molecule has 3 aromatic rings. The molecule has 0 aliphatic heterocycles. The zero-order valence-corrected chi connectivity index (χ0v) is 11.3. The summed E-state index contributed by atoms with van der Waals surface area (Å²) in [5.74, 6) is 1.69. The van der Waals surface area contributed by atoms with Crippen LogP contribution >= 0.6 is 23.1 Å². The average molecular weight is 291 g/mol. The Kier molecular flexibility index (Phi) is 3.43. The van der Waals surface area contributed by atoms with E-state index in [9.17, 15) is 0 Å². The van der Waals surface area contributed by atoms with Crippen molar-refractivity contribution in [2.45, 2.75) is 10.1 Å². The van der Waals surface area contributed by atoms with Crippen LogP contribution in [0.5, 0.6) is 0 Å². The fourth-order valence-electron chi connectivity index (χ4n) is 1.42. The van der Waals surface area contributed by atoms with E-state index in [2.05, 4.69) is 20.3 Å². The summed E-state index contributed by atoms with van der Waals surface area (Å²) in [6.07, 6.45) is 0. The summed E-state index contributed by atoms with van der Waals surface area (Å²) in [5.41, 5.74) is 6.44. The molecule has 96 valence electrons. The number of rotatable bonds is 4. The van der Waals surface area contributed by atoms with Crippen LogP contribution in [0.4, 0.5) is 5.13 Å². The highest BCUT2D eigenvalue weighted by Gasteiger charge is 2.10. The van der Waals surface area contributed by atoms with Crippen LogP contribution in [-0.2, 0) is 5.75 Å². The third kappa shape index (κ3) is 2.91. The minimum atomic E-state index is 0.456. The third-order valence-corrected chi connectivity index (χ3v) is 4.11. The maximum absolute atomic E-state index is 5.51. The number of hydrogen-bond acceptors (Lipinski definition) is 8. The molecule has 0 atom stereocenters. The van der Waals surface area contributed by atoms with Gasteiger partial charge < -0.3 is 10.3 Å². The van der Waals surface area contributed by atoms with Gasteiger partial charge in [-0.25, -0.2) is 0 Å². The van der Waals surface area contributed by atoms with Crippen molar-refractivity contribution in [3.8, 4) is 11.4 Å². The van der Waals surface area contributed by atoms with Crippen LogP contribution in [0.25, 0.3) is 11.4 Å². The van der Waals surface area contributed by atoms with Crippen LogP contribution in [-0.4, -0.2) is 20.3 Å². The van der Waals surface area contributed by atoms with E-state index in [1.54, 1.807) is 0 Å². The molecule has 0 amide bonds. The molecular formula is C11H9N5OS2. The molecule has 2 N–H and O–H groups in total. The molecule has 0 saturated heterocycles. The first-order valence-electron chi connectivity index (χ1n) is 5.41. The predicted octanol–water partition coefficient (Wildman–Crippen LogP) is 2.46. The van der Waals surface area contributed by atoms with E-state index in [4.69, 9.17) is 10.3 Å². The summed E-state index contributed by atoms with van der Waals surface area (Å²) in [7, 11) is 0. The van der Waals surface area contributed by atoms with Gasteiger partial charge in [0.25, 0.3) is 0 Å². The van der Waals surface area contributed by atoms with Gasteiger partial charge in [-0.3, -0.25) is 0 Å². The van der Waals surface area contributed by atoms with Gasteiger partial charge in [0.15, 0.2) is 4.34 Å². The van der Waals surface area contributed by atoms with Crippen LogP contribution in [0.3, 0.4) is 0 Å². The Labute approximate surface area is 117 Å². The minimum Gasteiger partial charge on any atom is -0.374 e. The second-order valence-corrected chi connectivity index (χ2v) is 5.80. The summed E-state index contributed by atoms with van der Waals surface area (Å²) in [4.78, 5) is 4.33. The Morgan fingerprint density at radius 1 is 1.21 bits per heavy atom. The van der Waals surface area contributed by atoms with Crippen LogP contribution in [0.2, 0.25) is 0 Å². The van der Waals surface area contributed by atoms with Crippen molar-refractivity contribution in [2.24, 2.45) is 0 Å². The normalized spacial score (nSPS) is 10.7. The molecule has 8 heteroatoms. The van der Waals surface area contributed by atoms with Gasteiger partial charge in [-0.15, -0.1) is 10.2 Å². The van der Waals surface area contributed by atoms with Crippen LogP contribution in [0, 0.1) is 0 Å². The van der Waals surface area contributed by atoms with Gasteiger partial charge in [-0.1, -0.05) is 58.6 Å². The standard InChI is InChI=1S/C11H9N5OS2/c12-10-14-15-11(19-10)18-6-8-13-9(16-17-8)7-4-2-1-3-5-7/h1-5H,6H2,(H2,12,14). The van der Waals surface area contributed by atoms with Gasteiger partial charge >= 0.3 is 0 Å². The molecule has 0 saturated carbocycles. The van der Waals surface area contributed by atoms with E-state index >= 15 is 0 Å². The van der Waals surface area contributed by atoms with Crippen molar-refractivity contribution in [1.82, 2.24) is 20.3 Å². The molecule has 0 spiro atoms. The molecule has 0 aliphatic rings. The number of anilines is 1. The van der Waals surface area contributed by atoms with E-state index in [0.29, 0.717) is 22.6 Å². The van der Waals surface area contributed by atoms with E-state index in [-0.39, 0.29) is 0 Å². The van der Waals surface area contributed by atoms with Crippen molar-refractivity contribution in [3.05, 3.63) is 36.2 Å². The van der Waals surface area contributed by atoms with Crippen molar-refractivity contribution < 1.29 is 4.52 Å². The number of hydrogen-bond donors (Lipinski definition) is 1. The molecule has 1 aromatic carbocycles. The van der Waals surface area contributed by atoms with Gasteiger partial charge in [0.2, 0.25) is 16.8 Å². The quantitative estimate of drug-likeness (QED) is 0.738. The average Bonchev–Trinajstić information content (AvgIpc) is 3.06. The molecule has 0 fully saturated rings. The smallest absolute Gasteiger partial charge is 0.237 e. The molecule has 3 rings (SSSR count). The number of thioether (sulfide) groups is 1. The summed E-state index contributed by atoms with van der Waals surface area (Å²) in [6, 6.07) is 9.69. The fraction of sp³-hybridized carbons (Fsp3) is 0.0909. The van der Waals surface area contributed by atoms with Crippen molar-refractivity contribution in [2.75, 3.05) is 5.73 Å². The molecule has 19 heavy (non-hydrogen) atoms. The topological polar surface area (TPSA) is 90.7 Å². The van der Waals surface area contributed by atoms with Crippen molar-refractivity contribution >= 4 is 28.2 Å². The predicted molar refractivity (Wildman–Crippen MR) is 73.6 cm³/mol. The molecule has 2 heterocycles. The lowest BCUT2D eigenvalue weighted by molar-refractivity contribution is 0.391. The van der Waals surface area contributed by atoms with Gasteiger partial charge in [-0.2, -0.15) is 4.98 Å². The van der Waals surface area contributed by atoms with Crippen LogP contribution in [0.15, 0.2) is 39.2 Å². The largest absolute Gasteiger partial charge is 0.374 e. The number of nitrogens with two attached hydrogens (primary N) is 1. The number of aromatic nitrogens is 4. The second-order valence-electron chi connectivity index (χ2n) is 3.57. The van der Waals surface area contributed by atoms with E-state index < -0.39 is 0 Å². The number of nitrogen functional groups attached to an aromatic ring is 1. The highest BCUT2D eigenvalue weighted by Crippen LogP contribution is 2.27. The Morgan fingerprint density at radius 2 is 2.05 bits per heavy atom. The SMILES string of the molecule is Nc1nnc(SCc2nc(-c3ccccc3)no2)s1. The van der Waals surface area contributed by atoms with Gasteiger partial charge in [-0.05, 0) is 0 Å². The van der Waals surface area contributed by atoms with E-state index in [0.717, 1.165) is 9.90 Å². The Hall–Kier alpha value is -1.93. The van der Waals surface area contributed by atoms with E-state index in [1.165, 1.54) is 23.1 Å². The lowest BCUT2D eigenvalue weighted by atomic mass is 10.2. The zero-order valence-electron chi connectivity index (χ0n) is 9.68. The Morgan fingerprint density at radius 3 is 2.79 bits per heavy atom. The molecule has 0 unspecified atom stereocenters. The highest BCUT2D eigenvalue weighted by atomic mass is 32.2. The van der Waals surface area contributed by atoms with Gasteiger partial charge in [0.1, 0.15) is 0 Å². The van der Waals surface area contributed by atoms with Crippen molar-refractivity contribution in [1.29, 1.82) is 0 Å². The summed E-state index contributed by atoms with van der Waals surface area (Å²) >= 11 is 2.81.